The molecule has 0 saturated carbocycles. The van der Waals surface area contributed by atoms with Crippen LogP contribution < -0.4 is 15.4 Å². The molecule has 0 spiro atoms. The normalized spacial score (nSPS) is 12.7. The summed E-state index contributed by atoms with van der Waals surface area (Å²) in [6.07, 6.45) is 3.09. The van der Waals surface area contributed by atoms with Gasteiger partial charge < -0.3 is 15.4 Å². The molecule has 0 saturated heterocycles. The smallest absolute Gasteiger partial charge is 0.191 e. The first-order chi connectivity index (χ1) is 12.2. The van der Waals surface area contributed by atoms with Crippen molar-refractivity contribution in [3.8, 4) is 5.75 Å². The first kappa shape index (κ1) is 22.3. The molecule has 0 radical (unpaired) electrons. The topological polar surface area (TPSA) is 79.8 Å². The Morgan fingerprint density at radius 1 is 1.08 bits per heavy atom. The van der Waals surface area contributed by atoms with E-state index in [0.717, 1.165) is 31.6 Å². The van der Waals surface area contributed by atoms with Crippen LogP contribution in [0, 0.1) is 0 Å². The summed E-state index contributed by atoms with van der Waals surface area (Å²) in [5.41, 5.74) is 1.29. The van der Waals surface area contributed by atoms with Gasteiger partial charge in [-0.15, -0.1) is 0 Å². The number of benzene rings is 1. The van der Waals surface area contributed by atoms with Gasteiger partial charge in [-0.25, -0.2) is 8.42 Å². The van der Waals surface area contributed by atoms with Crippen LogP contribution in [0.1, 0.15) is 39.2 Å². The van der Waals surface area contributed by atoms with E-state index in [1.165, 1.54) is 5.56 Å². The van der Waals surface area contributed by atoms with Gasteiger partial charge >= 0.3 is 0 Å². The number of unbranched alkanes of at least 4 members (excludes halogenated alkanes) is 1. The number of nitrogens with one attached hydrogen (secondary N) is 2. The summed E-state index contributed by atoms with van der Waals surface area (Å²) in [5.74, 6) is 1.60. The van der Waals surface area contributed by atoms with E-state index in [-0.39, 0.29) is 5.75 Å². The molecule has 0 unspecified atom stereocenters. The molecule has 0 bridgehead atoms. The maximum atomic E-state index is 12.1. The fourth-order valence-electron chi connectivity index (χ4n) is 2.28. The number of nitrogens with zero attached hydrogens (tertiary/aromatic N) is 1. The first-order valence-electron chi connectivity index (χ1n) is 8.99. The van der Waals surface area contributed by atoms with Crippen molar-refractivity contribution < 1.29 is 13.2 Å². The summed E-state index contributed by atoms with van der Waals surface area (Å²) in [7, 11) is 0.232. The van der Waals surface area contributed by atoms with Gasteiger partial charge in [-0.1, -0.05) is 12.1 Å². The van der Waals surface area contributed by atoms with E-state index in [9.17, 15) is 8.42 Å². The minimum Gasteiger partial charge on any atom is -0.497 e. The zero-order valence-corrected chi connectivity index (χ0v) is 17.4. The highest BCUT2D eigenvalue weighted by molar-refractivity contribution is 7.92. The van der Waals surface area contributed by atoms with Crippen molar-refractivity contribution in [3.63, 3.8) is 0 Å². The van der Waals surface area contributed by atoms with E-state index in [4.69, 9.17) is 4.74 Å². The molecule has 0 fully saturated rings. The van der Waals surface area contributed by atoms with Gasteiger partial charge in [0.05, 0.1) is 17.6 Å². The Morgan fingerprint density at radius 2 is 1.69 bits per heavy atom. The second kappa shape index (κ2) is 10.4. The van der Waals surface area contributed by atoms with Gasteiger partial charge in [-0.05, 0) is 57.7 Å². The van der Waals surface area contributed by atoms with Crippen molar-refractivity contribution in [2.24, 2.45) is 4.99 Å². The summed E-state index contributed by atoms with van der Waals surface area (Å²) in [6, 6.07) is 8.13. The van der Waals surface area contributed by atoms with Crippen molar-refractivity contribution in [1.82, 2.24) is 10.6 Å². The highest BCUT2D eigenvalue weighted by Gasteiger charge is 2.28. The molecule has 1 rings (SSSR count). The summed E-state index contributed by atoms with van der Waals surface area (Å²) in [4.78, 5) is 4.13. The van der Waals surface area contributed by atoms with Crippen molar-refractivity contribution >= 4 is 15.8 Å². The van der Waals surface area contributed by atoms with Crippen LogP contribution in [0.4, 0.5) is 0 Å². The highest BCUT2D eigenvalue weighted by Crippen LogP contribution is 2.15. The Labute approximate surface area is 158 Å². The SMILES string of the molecule is CN=C(NCCCCc1ccc(OC)cc1)NCCS(=O)(=O)C(C)(C)C. The number of hydrogen-bond donors (Lipinski definition) is 2. The molecule has 148 valence electrons. The average molecular weight is 384 g/mol. The van der Waals surface area contributed by atoms with Gasteiger partial charge in [0.2, 0.25) is 0 Å². The number of rotatable bonds is 9. The van der Waals surface area contributed by atoms with E-state index in [1.807, 2.05) is 12.1 Å². The molecule has 0 amide bonds. The number of aliphatic imine (C=N–C) groups is 1. The number of sulfone groups is 1. The molecule has 0 atom stereocenters. The zero-order chi connectivity index (χ0) is 19.6. The number of hydrogen-bond acceptors (Lipinski definition) is 4. The molecule has 1 aromatic rings. The third-order valence-corrected chi connectivity index (χ3v) is 6.77. The molecular weight excluding hydrogens is 350 g/mol. The molecule has 0 aliphatic carbocycles. The lowest BCUT2D eigenvalue weighted by molar-refractivity contribution is 0.414. The van der Waals surface area contributed by atoms with Gasteiger partial charge in [0.15, 0.2) is 15.8 Å². The minimum absolute atomic E-state index is 0.0919. The lowest BCUT2D eigenvalue weighted by Gasteiger charge is -2.19. The Kier molecular flexibility index (Phi) is 8.92. The third kappa shape index (κ3) is 7.64. The lowest BCUT2D eigenvalue weighted by Crippen LogP contribution is -2.42. The van der Waals surface area contributed by atoms with Gasteiger partial charge in [0.1, 0.15) is 5.75 Å². The number of guanidine groups is 1. The van der Waals surface area contributed by atoms with Crippen molar-refractivity contribution in [2.45, 2.75) is 44.8 Å². The fraction of sp³-hybridized carbons (Fsp3) is 0.632. The second-order valence-electron chi connectivity index (χ2n) is 7.16. The molecular formula is C19H33N3O3S. The molecule has 2 N–H and O–H groups in total. The van der Waals surface area contributed by atoms with Crippen LogP contribution >= 0.6 is 0 Å². The largest absolute Gasteiger partial charge is 0.497 e. The predicted octanol–water partition coefficient (Wildman–Crippen LogP) is 2.40. The standard InChI is InChI=1S/C19H33N3O3S/c1-19(2,3)26(23,24)15-14-22-18(20-4)21-13-7-6-8-16-9-11-17(25-5)12-10-16/h9-12H,6-8,13-15H2,1-5H3,(H2,20,21,22). The van der Waals surface area contributed by atoms with E-state index < -0.39 is 14.6 Å². The second-order valence-corrected chi connectivity index (χ2v) is 10.0. The van der Waals surface area contributed by atoms with Crippen LogP contribution in [0.15, 0.2) is 29.3 Å². The van der Waals surface area contributed by atoms with E-state index >= 15 is 0 Å². The van der Waals surface area contributed by atoms with Gasteiger partial charge in [-0.2, -0.15) is 0 Å². The highest BCUT2D eigenvalue weighted by atomic mass is 32.2. The Morgan fingerprint density at radius 3 is 2.23 bits per heavy atom. The lowest BCUT2D eigenvalue weighted by atomic mass is 10.1. The van der Waals surface area contributed by atoms with Crippen LogP contribution in [0.5, 0.6) is 5.75 Å². The molecule has 1 aromatic carbocycles. The molecule has 6 nitrogen and oxygen atoms in total. The quantitative estimate of drug-likeness (QED) is 0.389. The molecule has 0 aliphatic rings. The van der Waals surface area contributed by atoms with Gasteiger partial charge in [0, 0.05) is 20.1 Å². The fourth-order valence-corrected chi connectivity index (χ4v) is 3.27. The van der Waals surface area contributed by atoms with Crippen LogP contribution in [-0.4, -0.2) is 52.1 Å². The van der Waals surface area contributed by atoms with Crippen molar-refractivity contribution in [1.29, 1.82) is 0 Å². The number of methoxy groups -OCH3 is 1. The first-order valence-corrected chi connectivity index (χ1v) is 10.6. The Bertz CT molecular complexity index is 662. The molecule has 7 heteroatoms. The summed E-state index contributed by atoms with van der Waals surface area (Å²) in [6.45, 7) is 6.31. The maximum absolute atomic E-state index is 12.1. The summed E-state index contributed by atoms with van der Waals surface area (Å²) < 4.78 is 28.6. The zero-order valence-electron chi connectivity index (χ0n) is 16.6. The molecule has 0 aliphatic heterocycles. The summed E-state index contributed by atoms with van der Waals surface area (Å²) in [5, 5.41) is 6.29. The Hall–Kier alpha value is -1.76. The minimum atomic E-state index is -3.12. The van der Waals surface area contributed by atoms with E-state index in [0.29, 0.717) is 12.5 Å². The van der Waals surface area contributed by atoms with Crippen LogP contribution in [0.25, 0.3) is 0 Å². The number of ether oxygens (including phenoxy) is 1. The predicted molar refractivity (Wildman–Crippen MR) is 109 cm³/mol. The van der Waals surface area contributed by atoms with Crippen LogP contribution in [0.3, 0.4) is 0 Å². The van der Waals surface area contributed by atoms with Crippen molar-refractivity contribution in [2.75, 3.05) is 33.0 Å². The maximum Gasteiger partial charge on any atom is 0.191 e. The van der Waals surface area contributed by atoms with Crippen molar-refractivity contribution in [3.05, 3.63) is 29.8 Å². The Balaban J connectivity index is 2.24. The molecule has 0 heterocycles. The number of aryl methyl sites for hydroxylation is 1. The third-order valence-electron chi connectivity index (χ3n) is 4.16. The van der Waals surface area contributed by atoms with Gasteiger partial charge in [0.25, 0.3) is 0 Å². The van der Waals surface area contributed by atoms with Crippen LogP contribution in [0.2, 0.25) is 0 Å². The van der Waals surface area contributed by atoms with Gasteiger partial charge in [-0.3, -0.25) is 4.99 Å². The molecule has 0 aromatic heterocycles. The molecule has 26 heavy (non-hydrogen) atoms. The summed E-state index contributed by atoms with van der Waals surface area (Å²) >= 11 is 0. The average Bonchev–Trinajstić information content (AvgIpc) is 2.59. The monoisotopic (exact) mass is 383 g/mol. The van der Waals surface area contributed by atoms with E-state index in [2.05, 4.69) is 27.8 Å². The van der Waals surface area contributed by atoms with E-state index in [1.54, 1.807) is 34.9 Å². The van der Waals surface area contributed by atoms with Crippen LogP contribution in [-0.2, 0) is 16.3 Å².